The molecule has 2 aliphatic rings. The van der Waals surface area contributed by atoms with Crippen LogP contribution in [0.25, 0.3) is 0 Å². The highest BCUT2D eigenvalue weighted by molar-refractivity contribution is 6.34. The Morgan fingerprint density at radius 3 is 2.83 bits per heavy atom. The summed E-state index contributed by atoms with van der Waals surface area (Å²) < 4.78 is 5.69. The van der Waals surface area contributed by atoms with Gasteiger partial charge in [0.05, 0.1) is 23.8 Å². The van der Waals surface area contributed by atoms with Crippen molar-refractivity contribution in [2.24, 2.45) is 0 Å². The number of carbonyl (C=O) groups is 1. The van der Waals surface area contributed by atoms with Crippen molar-refractivity contribution in [1.82, 2.24) is 10.3 Å². The van der Waals surface area contributed by atoms with Crippen LogP contribution in [0, 0.1) is 0 Å². The van der Waals surface area contributed by atoms with Crippen LogP contribution in [0.2, 0.25) is 10.3 Å². The van der Waals surface area contributed by atoms with Gasteiger partial charge >= 0.3 is 0 Å². The van der Waals surface area contributed by atoms with Crippen LogP contribution in [0.15, 0.2) is 12.1 Å². The average Bonchev–Trinajstić information content (AvgIpc) is 2.90. The Bertz CT molecular complexity index is 495. The first-order valence-corrected chi connectivity index (χ1v) is 6.67. The van der Waals surface area contributed by atoms with Gasteiger partial charge < -0.3 is 10.1 Å². The molecule has 6 heteroatoms. The summed E-state index contributed by atoms with van der Waals surface area (Å²) in [5.74, 6) is -0.217. The lowest BCUT2D eigenvalue weighted by Gasteiger charge is -2.20. The lowest BCUT2D eigenvalue weighted by Crippen LogP contribution is -2.41. The average molecular weight is 287 g/mol. The van der Waals surface area contributed by atoms with E-state index in [2.05, 4.69) is 10.3 Å². The van der Waals surface area contributed by atoms with Gasteiger partial charge in [0.25, 0.3) is 5.91 Å². The third-order valence-electron chi connectivity index (χ3n) is 3.48. The molecule has 1 N–H and O–H groups in total. The van der Waals surface area contributed by atoms with Gasteiger partial charge in [0.1, 0.15) is 10.3 Å². The van der Waals surface area contributed by atoms with E-state index in [0.29, 0.717) is 11.7 Å². The molecule has 0 aromatic carbocycles. The van der Waals surface area contributed by atoms with Crippen LogP contribution in [-0.4, -0.2) is 29.1 Å². The molecule has 1 aromatic heterocycles. The number of hydrogen-bond acceptors (Lipinski definition) is 3. The molecular weight excluding hydrogens is 275 g/mol. The Morgan fingerprint density at radius 2 is 2.22 bits per heavy atom. The predicted octanol–water partition coefficient (Wildman–Crippen LogP) is 2.44. The number of fused-ring (bicyclic) bond motifs is 2. The zero-order valence-corrected chi connectivity index (χ0v) is 11.0. The zero-order chi connectivity index (χ0) is 12.7. The molecule has 3 heterocycles. The monoisotopic (exact) mass is 286 g/mol. The van der Waals surface area contributed by atoms with E-state index in [1.165, 1.54) is 0 Å². The molecule has 4 nitrogen and oxygen atoms in total. The van der Waals surface area contributed by atoms with E-state index in [4.69, 9.17) is 27.9 Å². The molecule has 0 spiro atoms. The van der Waals surface area contributed by atoms with Gasteiger partial charge in [0.2, 0.25) is 0 Å². The zero-order valence-electron chi connectivity index (χ0n) is 9.53. The van der Waals surface area contributed by atoms with E-state index in [9.17, 15) is 4.79 Å². The van der Waals surface area contributed by atoms with Gasteiger partial charge in [-0.05, 0) is 31.4 Å². The molecule has 2 bridgehead atoms. The van der Waals surface area contributed by atoms with Gasteiger partial charge in [-0.2, -0.15) is 0 Å². The largest absolute Gasteiger partial charge is 0.373 e. The minimum Gasteiger partial charge on any atom is -0.373 e. The standard InChI is InChI=1S/C12H12Cl2N2O2/c13-10-4-2-7(11(14)16-10)12(17)15-8-5-6-1-3-9(8)18-6/h2,4,6,8-9H,1,3,5H2,(H,15,17). The molecular formula is C12H12Cl2N2O2. The quantitative estimate of drug-likeness (QED) is 0.850. The molecule has 1 aromatic rings. The Hall–Kier alpha value is -0.840. The number of rotatable bonds is 2. The van der Waals surface area contributed by atoms with Crippen LogP contribution in [-0.2, 0) is 4.74 Å². The van der Waals surface area contributed by atoms with Crippen LogP contribution in [0.1, 0.15) is 29.6 Å². The Morgan fingerprint density at radius 1 is 1.39 bits per heavy atom. The lowest BCUT2D eigenvalue weighted by atomic mass is 9.95. The fourth-order valence-electron chi connectivity index (χ4n) is 2.62. The first kappa shape index (κ1) is 12.2. The molecule has 2 saturated heterocycles. The molecule has 2 fully saturated rings. The number of aromatic nitrogens is 1. The summed E-state index contributed by atoms with van der Waals surface area (Å²) in [6.45, 7) is 0. The van der Waals surface area contributed by atoms with Gasteiger partial charge in [0, 0.05) is 0 Å². The van der Waals surface area contributed by atoms with Crippen molar-refractivity contribution in [1.29, 1.82) is 0 Å². The summed E-state index contributed by atoms with van der Waals surface area (Å²) in [6, 6.07) is 3.23. The van der Waals surface area contributed by atoms with Crippen LogP contribution < -0.4 is 5.32 Å². The number of halogens is 2. The fraction of sp³-hybridized carbons (Fsp3) is 0.500. The third kappa shape index (κ3) is 2.20. The molecule has 0 radical (unpaired) electrons. The van der Waals surface area contributed by atoms with Gasteiger partial charge in [-0.15, -0.1) is 0 Å². The number of hydrogen-bond donors (Lipinski definition) is 1. The lowest BCUT2D eigenvalue weighted by molar-refractivity contribution is 0.0841. The second kappa shape index (κ2) is 4.68. The van der Waals surface area contributed by atoms with Crippen molar-refractivity contribution >= 4 is 29.1 Å². The molecule has 1 amide bonds. The fourth-order valence-corrected chi connectivity index (χ4v) is 3.05. The minimum atomic E-state index is -0.217. The van der Waals surface area contributed by atoms with Crippen LogP contribution >= 0.6 is 23.2 Å². The number of carbonyl (C=O) groups excluding carboxylic acids is 1. The number of nitrogens with zero attached hydrogens (tertiary/aromatic N) is 1. The van der Waals surface area contributed by atoms with Crippen molar-refractivity contribution in [3.05, 3.63) is 28.0 Å². The maximum Gasteiger partial charge on any atom is 0.254 e. The summed E-state index contributed by atoms with van der Waals surface area (Å²) in [6.07, 6.45) is 3.45. The maximum absolute atomic E-state index is 12.1. The topological polar surface area (TPSA) is 51.2 Å². The number of amides is 1. The van der Waals surface area contributed by atoms with Crippen molar-refractivity contribution < 1.29 is 9.53 Å². The molecule has 2 aliphatic heterocycles. The highest BCUT2D eigenvalue weighted by Crippen LogP contribution is 2.34. The number of pyridine rings is 1. The number of ether oxygens (including phenoxy) is 1. The molecule has 18 heavy (non-hydrogen) atoms. The molecule has 0 aliphatic carbocycles. The van der Waals surface area contributed by atoms with E-state index in [1.807, 2.05) is 0 Å². The van der Waals surface area contributed by atoms with Crippen molar-refractivity contribution in [2.45, 2.75) is 37.5 Å². The molecule has 3 rings (SSSR count). The van der Waals surface area contributed by atoms with E-state index in [1.54, 1.807) is 12.1 Å². The highest BCUT2D eigenvalue weighted by atomic mass is 35.5. The molecule has 0 saturated carbocycles. The Labute approximate surface area is 115 Å². The van der Waals surface area contributed by atoms with Crippen LogP contribution in [0.5, 0.6) is 0 Å². The van der Waals surface area contributed by atoms with E-state index >= 15 is 0 Å². The first-order chi connectivity index (χ1) is 8.63. The van der Waals surface area contributed by atoms with Gasteiger partial charge in [-0.25, -0.2) is 4.98 Å². The summed E-state index contributed by atoms with van der Waals surface area (Å²) in [5.41, 5.74) is 0.351. The van der Waals surface area contributed by atoms with Crippen molar-refractivity contribution in [2.75, 3.05) is 0 Å². The van der Waals surface area contributed by atoms with Crippen molar-refractivity contribution in [3.8, 4) is 0 Å². The maximum atomic E-state index is 12.1. The summed E-state index contributed by atoms with van der Waals surface area (Å²) in [4.78, 5) is 15.9. The molecule has 96 valence electrons. The van der Waals surface area contributed by atoms with Crippen molar-refractivity contribution in [3.63, 3.8) is 0 Å². The normalized spacial score (nSPS) is 29.6. The van der Waals surface area contributed by atoms with E-state index < -0.39 is 0 Å². The smallest absolute Gasteiger partial charge is 0.254 e. The predicted molar refractivity (Wildman–Crippen MR) is 68.0 cm³/mol. The third-order valence-corrected chi connectivity index (χ3v) is 3.98. The van der Waals surface area contributed by atoms with Gasteiger partial charge in [-0.1, -0.05) is 23.2 Å². The molecule has 3 atom stereocenters. The van der Waals surface area contributed by atoms with Gasteiger partial charge in [-0.3, -0.25) is 4.79 Å². The first-order valence-electron chi connectivity index (χ1n) is 5.92. The highest BCUT2D eigenvalue weighted by Gasteiger charge is 2.41. The second-order valence-corrected chi connectivity index (χ2v) is 5.41. The van der Waals surface area contributed by atoms with E-state index in [-0.39, 0.29) is 28.4 Å². The number of nitrogens with one attached hydrogen (secondary N) is 1. The summed E-state index contributed by atoms with van der Waals surface area (Å²) >= 11 is 11.6. The van der Waals surface area contributed by atoms with Gasteiger partial charge in [0.15, 0.2) is 0 Å². The summed E-state index contributed by atoms with van der Waals surface area (Å²) in [7, 11) is 0. The Balaban J connectivity index is 1.71. The SMILES string of the molecule is O=C(NC1CC2CCC1O2)c1ccc(Cl)nc1Cl. The minimum absolute atomic E-state index is 0.0861. The molecule has 3 unspecified atom stereocenters. The Kier molecular flexibility index (Phi) is 3.18. The van der Waals surface area contributed by atoms with E-state index in [0.717, 1.165) is 19.3 Å². The van der Waals surface area contributed by atoms with Crippen LogP contribution in [0.3, 0.4) is 0 Å². The summed E-state index contributed by atoms with van der Waals surface area (Å²) in [5, 5.41) is 3.36. The second-order valence-electron chi connectivity index (χ2n) is 4.66. The van der Waals surface area contributed by atoms with Crippen LogP contribution in [0.4, 0.5) is 0 Å².